The summed E-state index contributed by atoms with van der Waals surface area (Å²) in [6.07, 6.45) is 2.03. The molecule has 0 spiro atoms. The van der Waals surface area contributed by atoms with Crippen LogP contribution in [-0.4, -0.2) is 20.6 Å². The van der Waals surface area contributed by atoms with Gasteiger partial charge in [-0.3, -0.25) is 9.36 Å². The molecule has 5 heteroatoms. The van der Waals surface area contributed by atoms with Gasteiger partial charge in [-0.05, 0) is 6.42 Å². The molecule has 1 aromatic heterocycles. The maximum atomic E-state index is 12.1. The van der Waals surface area contributed by atoms with Gasteiger partial charge in [0.05, 0.1) is 10.6 Å². The van der Waals surface area contributed by atoms with Gasteiger partial charge in [0.1, 0.15) is 0 Å². The second-order valence-corrected chi connectivity index (χ2v) is 6.53. The van der Waals surface area contributed by atoms with Crippen LogP contribution in [0.2, 0.25) is 0 Å². The van der Waals surface area contributed by atoms with Crippen LogP contribution in [0.5, 0.6) is 0 Å². The van der Waals surface area contributed by atoms with E-state index in [1.165, 1.54) is 0 Å². The van der Waals surface area contributed by atoms with Crippen molar-refractivity contribution in [2.75, 3.05) is 5.75 Å². The van der Waals surface area contributed by atoms with Crippen molar-refractivity contribution < 1.29 is 0 Å². The minimum atomic E-state index is 0.123. The van der Waals surface area contributed by atoms with Gasteiger partial charge < -0.3 is 0 Å². The summed E-state index contributed by atoms with van der Waals surface area (Å²) in [7, 11) is 1.82. The standard InChI is InChI=1S/C11H16N2OS2/c1-4-5-15-11-12-8-6-7(2)16-9(8)10(14)13(11)3/h7H,4-6H2,1-3H3/t7-/m0/s1. The largest absolute Gasteiger partial charge is 0.290 e. The number of nitrogens with zero attached hydrogens (tertiary/aromatic N) is 2. The average Bonchev–Trinajstić information content (AvgIpc) is 2.62. The molecule has 88 valence electrons. The highest BCUT2D eigenvalue weighted by Gasteiger charge is 2.25. The van der Waals surface area contributed by atoms with Crippen molar-refractivity contribution in [3.05, 3.63) is 16.0 Å². The zero-order valence-electron chi connectivity index (χ0n) is 9.82. The Hall–Kier alpha value is -0.420. The molecule has 0 aromatic carbocycles. The molecule has 1 aromatic rings. The van der Waals surface area contributed by atoms with Gasteiger partial charge in [0.2, 0.25) is 0 Å². The summed E-state index contributed by atoms with van der Waals surface area (Å²) in [6, 6.07) is 0. The lowest BCUT2D eigenvalue weighted by atomic mass is 10.2. The first-order chi connectivity index (χ1) is 7.63. The predicted octanol–water partition coefficient (Wildman–Crippen LogP) is 2.32. The molecule has 1 aliphatic rings. The van der Waals surface area contributed by atoms with Gasteiger partial charge in [0.25, 0.3) is 5.56 Å². The summed E-state index contributed by atoms with van der Waals surface area (Å²) in [5.41, 5.74) is 1.12. The third-order valence-corrected chi connectivity index (χ3v) is 4.96. The molecule has 3 nitrogen and oxygen atoms in total. The van der Waals surface area contributed by atoms with E-state index in [4.69, 9.17) is 0 Å². The van der Waals surface area contributed by atoms with Crippen LogP contribution in [0.3, 0.4) is 0 Å². The van der Waals surface area contributed by atoms with E-state index in [-0.39, 0.29) is 5.56 Å². The number of aromatic nitrogens is 2. The van der Waals surface area contributed by atoms with Gasteiger partial charge >= 0.3 is 0 Å². The van der Waals surface area contributed by atoms with Crippen molar-refractivity contribution in [2.24, 2.45) is 7.05 Å². The van der Waals surface area contributed by atoms with E-state index in [9.17, 15) is 4.79 Å². The van der Waals surface area contributed by atoms with Crippen LogP contribution in [0.25, 0.3) is 0 Å². The van der Waals surface area contributed by atoms with Crippen LogP contribution >= 0.6 is 23.5 Å². The van der Waals surface area contributed by atoms with E-state index in [1.807, 2.05) is 7.05 Å². The first-order valence-corrected chi connectivity index (χ1v) is 7.39. The predicted molar refractivity (Wildman–Crippen MR) is 69.5 cm³/mol. The quantitative estimate of drug-likeness (QED) is 0.614. The van der Waals surface area contributed by atoms with Crippen LogP contribution in [0, 0.1) is 0 Å². The molecule has 0 radical (unpaired) electrons. The summed E-state index contributed by atoms with van der Waals surface area (Å²) in [6.45, 7) is 4.28. The van der Waals surface area contributed by atoms with Crippen LogP contribution < -0.4 is 5.56 Å². The van der Waals surface area contributed by atoms with E-state index >= 15 is 0 Å². The lowest BCUT2D eigenvalue weighted by Gasteiger charge is -2.08. The number of hydrogen-bond acceptors (Lipinski definition) is 4. The lowest BCUT2D eigenvalue weighted by molar-refractivity contribution is 0.665. The fraction of sp³-hybridized carbons (Fsp3) is 0.636. The maximum Gasteiger partial charge on any atom is 0.267 e. The second kappa shape index (κ2) is 4.84. The van der Waals surface area contributed by atoms with Crippen LogP contribution in [0.4, 0.5) is 0 Å². The summed E-state index contributed by atoms with van der Waals surface area (Å²) in [5, 5.41) is 1.35. The number of thioether (sulfide) groups is 2. The zero-order chi connectivity index (χ0) is 11.7. The molecule has 1 atom stereocenters. The Morgan fingerprint density at radius 2 is 2.38 bits per heavy atom. The Labute approximate surface area is 104 Å². The Morgan fingerprint density at radius 3 is 3.06 bits per heavy atom. The molecule has 0 amide bonds. The maximum absolute atomic E-state index is 12.1. The average molecular weight is 256 g/mol. The van der Waals surface area contributed by atoms with Crippen LogP contribution in [0.15, 0.2) is 14.8 Å². The highest BCUT2D eigenvalue weighted by molar-refractivity contribution is 8.00. The molecular formula is C11H16N2OS2. The highest BCUT2D eigenvalue weighted by atomic mass is 32.2. The van der Waals surface area contributed by atoms with Crippen molar-refractivity contribution in [1.29, 1.82) is 0 Å². The van der Waals surface area contributed by atoms with Gasteiger partial charge in [0, 0.05) is 24.5 Å². The monoisotopic (exact) mass is 256 g/mol. The molecule has 0 aliphatic carbocycles. The Bertz CT molecular complexity index is 456. The number of fused-ring (bicyclic) bond motifs is 1. The normalized spacial score (nSPS) is 18.8. The van der Waals surface area contributed by atoms with Crippen molar-refractivity contribution in [3.8, 4) is 0 Å². The SMILES string of the molecule is CCCSc1nc2c(c(=O)n1C)S[C@@H](C)C2. The van der Waals surface area contributed by atoms with Crippen molar-refractivity contribution in [3.63, 3.8) is 0 Å². The van der Waals surface area contributed by atoms with Crippen LogP contribution in [-0.2, 0) is 13.5 Å². The molecule has 0 saturated heterocycles. The fourth-order valence-electron chi connectivity index (χ4n) is 1.70. The highest BCUT2D eigenvalue weighted by Crippen LogP contribution is 2.33. The Kier molecular flexibility index (Phi) is 3.64. The fourth-order valence-corrected chi connectivity index (χ4v) is 3.68. The molecule has 2 rings (SSSR count). The summed E-state index contributed by atoms with van der Waals surface area (Å²) < 4.78 is 1.68. The minimum absolute atomic E-state index is 0.123. The molecule has 1 aliphatic heterocycles. The van der Waals surface area contributed by atoms with Crippen LogP contribution in [0.1, 0.15) is 26.0 Å². The minimum Gasteiger partial charge on any atom is -0.290 e. The molecule has 0 saturated carbocycles. The molecular weight excluding hydrogens is 240 g/mol. The van der Waals surface area contributed by atoms with Gasteiger partial charge in [-0.25, -0.2) is 4.98 Å². The third-order valence-electron chi connectivity index (χ3n) is 2.51. The van der Waals surface area contributed by atoms with E-state index in [0.29, 0.717) is 5.25 Å². The second-order valence-electron chi connectivity index (χ2n) is 4.02. The van der Waals surface area contributed by atoms with E-state index in [0.717, 1.165) is 34.3 Å². The summed E-state index contributed by atoms with van der Waals surface area (Å²) >= 11 is 3.33. The van der Waals surface area contributed by atoms with Gasteiger partial charge in [-0.1, -0.05) is 25.6 Å². The molecule has 16 heavy (non-hydrogen) atoms. The smallest absolute Gasteiger partial charge is 0.267 e. The first-order valence-electron chi connectivity index (χ1n) is 5.52. The van der Waals surface area contributed by atoms with Crippen molar-refractivity contribution >= 4 is 23.5 Å². The summed E-state index contributed by atoms with van der Waals surface area (Å²) in [5.74, 6) is 1.02. The molecule has 0 bridgehead atoms. The molecule has 0 fully saturated rings. The lowest BCUT2D eigenvalue weighted by Crippen LogP contribution is -2.22. The zero-order valence-corrected chi connectivity index (χ0v) is 11.5. The first kappa shape index (κ1) is 12.0. The van der Waals surface area contributed by atoms with E-state index < -0.39 is 0 Å². The topological polar surface area (TPSA) is 34.9 Å². The van der Waals surface area contributed by atoms with Gasteiger partial charge in [0.15, 0.2) is 5.16 Å². The van der Waals surface area contributed by atoms with Gasteiger partial charge in [-0.2, -0.15) is 0 Å². The summed E-state index contributed by atoms with van der Waals surface area (Å²) in [4.78, 5) is 17.5. The Morgan fingerprint density at radius 1 is 1.62 bits per heavy atom. The van der Waals surface area contributed by atoms with E-state index in [1.54, 1.807) is 28.1 Å². The van der Waals surface area contributed by atoms with Crippen molar-refractivity contribution in [2.45, 2.75) is 42.0 Å². The molecule has 2 heterocycles. The van der Waals surface area contributed by atoms with Crippen molar-refractivity contribution in [1.82, 2.24) is 9.55 Å². The number of rotatable bonds is 3. The molecule has 0 N–H and O–H groups in total. The number of hydrogen-bond donors (Lipinski definition) is 0. The molecule has 0 unspecified atom stereocenters. The Balaban J connectivity index is 2.40. The van der Waals surface area contributed by atoms with Gasteiger partial charge in [-0.15, -0.1) is 11.8 Å². The van der Waals surface area contributed by atoms with E-state index in [2.05, 4.69) is 18.8 Å². The third kappa shape index (κ3) is 2.15.